The van der Waals surface area contributed by atoms with Gasteiger partial charge >= 0.3 is 0 Å². The number of hydrogen-bond donors (Lipinski definition) is 1. The fourth-order valence-electron chi connectivity index (χ4n) is 2.11. The van der Waals surface area contributed by atoms with Crippen molar-refractivity contribution in [3.8, 4) is 11.4 Å². The van der Waals surface area contributed by atoms with Crippen molar-refractivity contribution in [1.29, 1.82) is 0 Å². The Balaban J connectivity index is 1.63. The summed E-state index contributed by atoms with van der Waals surface area (Å²) in [7, 11) is -3.72. The molecule has 0 bridgehead atoms. The summed E-state index contributed by atoms with van der Waals surface area (Å²) >= 11 is 5.90. The van der Waals surface area contributed by atoms with Gasteiger partial charge in [-0.05, 0) is 36.4 Å². The van der Waals surface area contributed by atoms with Gasteiger partial charge < -0.3 is 4.52 Å². The molecule has 2 aromatic carbocycles. The number of aromatic nitrogens is 2. The van der Waals surface area contributed by atoms with Crippen molar-refractivity contribution in [1.82, 2.24) is 14.9 Å². The SMILES string of the molecule is O=S(=O)(NCCc1nc(-c2ccc(F)cc2)no1)c1ccccc1Cl. The van der Waals surface area contributed by atoms with E-state index in [-0.39, 0.29) is 34.6 Å². The molecule has 1 heterocycles. The summed E-state index contributed by atoms with van der Waals surface area (Å²) < 4.78 is 44.8. The highest BCUT2D eigenvalue weighted by Gasteiger charge is 2.17. The van der Waals surface area contributed by atoms with Crippen molar-refractivity contribution >= 4 is 21.6 Å². The number of halogens is 2. The molecule has 0 saturated carbocycles. The molecular formula is C16H13ClFN3O3S. The van der Waals surface area contributed by atoms with Crippen molar-refractivity contribution in [2.24, 2.45) is 0 Å². The maximum atomic E-state index is 12.9. The van der Waals surface area contributed by atoms with E-state index in [1.54, 1.807) is 12.1 Å². The average molecular weight is 382 g/mol. The Bertz CT molecular complexity index is 974. The van der Waals surface area contributed by atoms with Crippen molar-refractivity contribution in [3.63, 3.8) is 0 Å². The molecule has 1 aromatic heterocycles. The van der Waals surface area contributed by atoms with E-state index in [2.05, 4.69) is 14.9 Å². The minimum absolute atomic E-state index is 0.00852. The summed E-state index contributed by atoms with van der Waals surface area (Å²) in [6, 6.07) is 11.8. The monoisotopic (exact) mass is 381 g/mol. The average Bonchev–Trinajstić information content (AvgIpc) is 3.04. The molecular weight excluding hydrogens is 369 g/mol. The van der Waals surface area contributed by atoms with Crippen LogP contribution in [0.15, 0.2) is 57.9 Å². The fraction of sp³-hybridized carbons (Fsp3) is 0.125. The van der Waals surface area contributed by atoms with Crippen LogP contribution in [0.1, 0.15) is 5.89 Å². The summed E-state index contributed by atoms with van der Waals surface area (Å²) in [5.41, 5.74) is 0.605. The minimum Gasteiger partial charge on any atom is -0.339 e. The third kappa shape index (κ3) is 4.22. The molecule has 0 aliphatic rings. The first-order valence-corrected chi connectivity index (χ1v) is 9.14. The van der Waals surface area contributed by atoms with E-state index in [9.17, 15) is 12.8 Å². The summed E-state index contributed by atoms with van der Waals surface area (Å²) in [6.45, 7) is 0.0681. The standard InChI is InChI=1S/C16H13ClFN3O3S/c17-13-3-1-2-4-14(13)25(22,23)19-10-9-15-20-16(21-24-15)11-5-7-12(18)8-6-11/h1-8,19H,9-10H2. The zero-order chi connectivity index (χ0) is 17.9. The van der Waals surface area contributed by atoms with Crippen LogP contribution in [0, 0.1) is 5.82 Å². The molecule has 9 heteroatoms. The zero-order valence-electron chi connectivity index (χ0n) is 12.8. The predicted octanol–water partition coefficient (Wildman–Crippen LogP) is 3.05. The third-order valence-corrected chi connectivity index (χ3v) is 5.29. The van der Waals surface area contributed by atoms with Gasteiger partial charge in [-0.15, -0.1) is 0 Å². The van der Waals surface area contributed by atoms with Gasteiger partial charge in [-0.2, -0.15) is 4.98 Å². The van der Waals surface area contributed by atoms with Crippen molar-refractivity contribution < 1.29 is 17.3 Å². The van der Waals surface area contributed by atoms with Gasteiger partial charge in [0.1, 0.15) is 10.7 Å². The van der Waals surface area contributed by atoms with Gasteiger partial charge in [-0.25, -0.2) is 17.5 Å². The van der Waals surface area contributed by atoms with E-state index in [1.807, 2.05) is 0 Å². The molecule has 0 unspecified atom stereocenters. The Morgan fingerprint density at radius 2 is 1.84 bits per heavy atom. The molecule has 6 nitrogen and oxygen atoms in total. The third-order valence-electron chi connectivity index (χ3n) is 3.33. The number of sulfonamides is 1. The number of nitrogens with zero attached hydrogens (tertiary/aromatic N) is 2. The first kappa shape index (κ1) is 17.5. The number of nitrogens with one attached hydrogen (secondary N) is 1. The topological polar surface area (TPSA) is 85.1 Å². The molecule has 0 aliphatic heterocycles. The van der Waals surface area contributed by atoms with Crippen molar-refractivity contribution in [3.05, 3.63) is 65.3 Å². The zero-order valence-corrected chi connectivity index (χ0v) is 14.4. The van der Waals surface area contributed by atoms with Gasteiger partial charge in [0, 0.05) is 18.5 Å². The molecule has 0 aliphatic carbocycles. The van der Waals surface area contributed by atoms with Crippen LogP contribution in [0.4, 0.5) is 4.39 Å². The fourth-order valence-corrected chi connectivity index (χ4v) is 3.65. The van der Waals surface area contributed by atoms with Gasteiger partial charge in [0.15, 0.2) is 0 Å². The smallest absolute Gasteiger partial charge is 0.242 e. The second kappa shape index (κ2) is 7.30. The van der Waals surface area contributed by atoms with E-state index in [0.717, 1.165) is 0 Å². The highest BCUT2D eigenvalue weighted by molar-refractivity contribution is 7.89. The van der Waals surface area contributed by atoms with Gasteiger partial charge in [-0.1, -0.05) is 28.9 Å². The molecule has 0 atom stereocenters. The normalized spacial score (nSPS) is 11.6. The molecule has 130 valence electrons. The lowest BCUT2D eigenvalue weighted by Crippen LogP contribution is -2.26. The minimum atomic E-state index is -3.72. The Labute approximate surface area is 148 Å². The molecule has 25 heavy (non-hydrogen) atoms. The summed E-state index contributed by atoms with van der Waals surface area (Å²) in [4.78, 5) is 4.17. The Morgan fingerprint density at radius 3 is 2.56 bits per heavy atom. The lowest BCUT2D eigenvalue weighted by molar-refractivity contribution is 0.379. The number of benzene rings is 2. The van der Waals surface area contributed by atoms with E-state index in [0.29, 0.717) is 11.4 Å². The first-order valence-electron chi connectivity index (χ1n) is 7.28. The van der Waals surface area contributed by atoms with E-state index < -0.39 is 10.0 Å². The molecule has 3 rings (SSSR count). The Hall–Kier alpha value is -2.29. The van der Waals surface area contributed by atoms with Gasteiger partial charge in [0.2, 0.25) is 21.7 Å². The molecule has 1 N–H and O–H groups in total. The van der Waals surface area contributed by atoms with Gasteiger partial charge in [0.25, 0.3) is 0 Å². The second-order valence-corrected chi connectivity index (χ2v) is 7.24. The van der Waals surface area contributed by atoms with Crippen LogP contribution in [0.3, 0.4) is 0 Å². The first-order chi connectivity index (χ1) is 12.0. The maximum absolute atomic E-state index is 12.9. The predicted molar refractivity (Wildman–Crippen MR) is 90.0 cm³/mol. The molecule has 0 radical (unpaired) electrons. The van der Waals surface area contributed by atoms with Crippen molar-refractivity contribution in [2.45, 2.75) is 11.3 Å². The lowest BCUT2D eigenvalue weighted by Gasteiger charge is -2.06. The van der Waals surface area contributed by atoms with Gasteiger partial charge in [-0.3, -0.25) is 0 Å². The number of hydrogen-bond acceptors (Lipinski definition) is 5. The van der Waals surface area contributed by atoms with Crippen LogP contribution in [-0.2, 0) is 16.4 Å². The Morgan fingerprint density at radius 1 is 1.12 bits per heavy atom. The van der Waals surface area contributed by atoms with Gasteiger partial charge in [0.05, 0.1) is 5.02 Å². The van der Waals surface area contributed by atoms with Crippen LogP contribution in [-0.4, -0.2) is 25.1 Å². The lowest BCUT2D eigenvalue weighted by atomic mass is 10.2. The largest absolute Gasteiger partial charge is 0.339 e. The summed E-state index contributed by atoms with van der Waals surface area (Å²) in [5, 5.41) is 3.94. The molecule has 0 amide bonds. The quantitative estimate of drug-likeness (QED) is 0.709. The summed E-state index contributed by atoms with van der Waals surface area (Å²) in [5.74, 6) is 0.214. The Kier molecular flexibility index (Phi) is 5.12. The van der Waals surface area contributed by atoms with Crippen LogP contribution in [0.2, 0.25) is 5.02 Å². The van der Waals surface area contributed by atoms with E-state index >= 15 is 0 Å². The molecule has 3 aromatic rings. The maximum Gasteiger partial charge on any atom is 0.242 e. The van der Waals surface area contributed by atoms with Crippen LogP contribution in [0.25, 0.3) is 11.4 Å². The van der Waals surface area contributed by atoms with Crippen LogP contribution < -0.4 is 4.72 Å². The van der Waals surface area contributed by atoms with E-state index in [1.165, 1.54) is 36.4 Å². The van der Waals surface area contributed by atoms with E-state index in [4.69, 9.17) is 16.1 Å². The molecule has 0 fully saturated rings. The summed E-state index contributed by atoms with van der Waals surface area (Å²) in [6.07, 6.45) is 0.206. The molecule has 0 spiro atoms. The molecule has 0 saturated heterocycles. The van der Waals surface area contributed by atoms with Crippen LogP contribution >= 0.6 is 11.6 Å². The van der Waals surface area contributed by atoms with Crippen LogP contribution in [0.5, 0.6) is 0 Å². The number of rotatable bonds is 6. The second-order valence-electron chi connectivity index (χ2n) is 5.10. The van der Waals surface area contributed by atoms with Crippen molar-refractivity contribution in [2.75, 3.05) is 6.54 Å². The highest BCUT2D eigenvalue weighted by atomic mass is 35.5. The highest BCUT2D eigenvalue weighted by Crippen LogP contribution is 2.20.